The number of hydrogen-bond acceptors (Lipinski definition) is 2. The number of halogens is 1. The highest BCUT2D eigenvalue weighted by Crippen LogP contribution is 2.19. The molecular weight excluding hydrogens is 198 g/mol. The van der Waals surface area contributed by atoms with Crippen LogP contribution in [0.1, 0.15) is 25.8 Å². The zero-order valence-corrected chi connectivity index (χ0v) is 9.51. The van der Waals surface area contributed by atoms with Gasteiger partial charge in [-0.2, -0.15) is 0 Å². The zero-order valence-electron chi connectivity index (χ0n) is 8.69. The van der Waals surface area contributed by atoms with Gasteiger partial charge in [0.25, 0.3) is 0 Å². The third-order valence-corrected chi connectivity index (χ3v) is 2.10. The third-order valence-electron chi connectivity index (χ3n) is 2.10. The van der Waals surface area contributed by atoms with E-state index in [1.54, 1.807) is 0 Å². The maximum atomic E-state index is 5.71. The Hall–Kier alpha value is -0.730. The maximum Gasteiger partial charge on any atom is 0.124 e. The second-order valence-electron chi connectivity index (χ2n) is 3.15. The number of nitrogens with two attached hydrogens (primary N) is 1. The largest absolute Gasteiger partial charge is 0.490 e. The number of benzene rings is 1. The second kappa shape index (κ2) is 6.68. The summed E-state index contributed by atoms with van der Waals surface area (Å²) in [6.07, 6.45) is 1.27. The Balaban J connectivity index is 0.00000169. The van der Waals surface area contributed by atoms with Gasteiger partial charge in [-0.1, -0.05) is 25.1 Å². The van der Waals surface area contributed by atoms with Crippen molar-refractivity contribution in [3.8, 4) is 5.75 Å². The SMILES string of the molecule is CCC(C)Oc1ccccc1CN.Cl. The lowest BCUT2D eigenvalue weighted by Crippen LogP contribution is -2.12. The van der Waals surface area contributed by atoms with Crippen molar-refractivity contribution in [3.05, 3.63) is 29.8 Å². The van der Waals surface area contributed by atoms with Gasteiger partial charge < -0.3 is 10.5 Å². The van der Waals surface area contributed by atoms with Crippen LogP contribution in [0.3, 0.4) is 0 Å². The fourth-order valence-corrected chi connectivity index (χ4v) is 1.09. The molecule has 1 aromatic rings. The quantitative estimate of drug-likeness (QED) is 0.839. The van der Waals surface area contributed by atoms with Crippen LogP contribution in [0.2, 0.25) is 0 Å². The van der Waals surface area contributed by atoms with Gasteiger partial charge >= 0.3 is 0 Å². The third kappa shape index (κ3) is 3.56. The lowest BCUT2D eigenvalue weighted by molar-refractivity contribution is 0.215. The summed E-state index contributed by atoms with van der Waals surface area (Å²) < 4.78 is 5.71. The number of para-hydroxylation sites is 1. The smallest absolute Gasteiger partial charge is 0.124 e. The molecule has 1 aromatic carbocycles. The molecule has 0 radical (unpaired) electrons. The molecule has 14 heavy (non-hydrogen) atoms. The molecule has 0 heterocycles. The Morgan fingerprint density at radius 3 is 2.57 bits per heavy atom. The predicted molar refractivity (Wildman–Crippen MR) is 62.0 cm³/mol. The molecule has 0 aliphatic rings. The summed E-state index contributed by atoms with van der Waals surface area (Å²) in [5.41, 5.74) is 6.66. The lowest BCUT2D eigenvalue weighted by atomic mass is 10.2. The molecule has 1 atom stereocenters. The molecular formula is C11H18ClNO. The van der Waals surface area contributed by atoms with Gasteiger partial charge in [-0.3, -0.25) is 0 Å². The van der Waals surface area contributed by atoms with E-state index < -0.39 is 0 Å². The van der Waals surface area contributed by atoms with Crippen LogP contribution in [-0.2, 0) is 6.54 Å². The number of hydrogen-bond donors (Lipinski definition) is 1. The fraction of sp³-hybridized carbons (Fsp3) is 0.455. The predicted octanol–water partition coefficient (Wildman–Crippen LogP) is 2.74. The maximum absolute atomic E-state index is 5.71. The van der Waals surface area contributed by atoms with Gasteiger partial charge in [0.2, 0.25) is 0 Å². The second-order valence-corrected chi connectivity index (χ2v) is 3.15. The van der Waals surface area contributed by atoms with Crippen LogP contribution in [0.25, 0.3) is 0 Å². The van der Waals surface area contributed by atoms with Crippen LogP contribution in [0.15, 0.2) is 24.3 Å². The topological polar surface area (TPSA) is 35.2 Å². The van der Waals surface area contributed by atoms with Crippen LogP contribution < -0.4 is 10.5 Å². The van der Waals surface area contributed by atoms with E-state index in [-0.39, 0.29) is 18.5 Å². The molecule has 1 rings (SSSR count). The molecule has 0 aliphatic carbocycles. The summed E-state index contributed by atoms with van der Waals surface area (Å²) in [5, 5.41) is 0. The first-order chi connectivity index (χ1) is 6.27. The Morgan fingerprint density at radius 1 is 1.36 bits per heavy atom. The van der Waals surface area contributed by atoms with Crippen LogP contribution >= 0.6 is 12.4 Å². The molecule has 0 spiro atoms. The van der Waals surface area contributed by atoms with Crippen molar-refractivity contribution in [3.63, 3.8) is 0 Å². The van der Waals surface area contributed by atoms with Crippen LogP contribution in [0.4, 0.5) is 0 Å². The highest BCUT2D eigenvalue weighted by molar-refractivity contribution is 5.85. The standard InChI is InChI=1S/C11H17NO.ClH/c1-3-9(2)13-11-7-5-4-6-10(11)8-12;/h4-7,9H,3,8,12H2,1-2H3;1H. The molecule has 2 N–H and O–H groups in total. The van der Waals surface area contributed by atoms with E-state index in [4.69, 9.17) is 10.5 Å². The average molecular weight is 216 g/mol. The van der Waals surface area contributed by atoms with Gasteiger partial charge in [0.1, 0.15) is 5.75 Å². The minimum atomic E-state index is 0. The van der Waals surface area contributed by atoms with Gasteiger partial charge in [-0.25, -0.2) is 0 Å². The molecule has 1 unspecified atom stereocenters. The van der Waals surface area contributed by atoms with E-state index in [2.05, 4.69) is 13.8 Å². The van der Waals surface area contributed by atoms with Crippen molar-refractivity contribution < 1.29 is 4.74 Å². The van der Waals surface area contributed by atoms with Crippen molar-refractivity contribution in [1.82, 2.24) is 0 Å². The first-order valence-electron chi connectivity index (χ1n) is 4.72. The molecule has 3 heteroatoms. The average Bonchev–Trinajstić information content (AvgIpc) is 2.18. The summed E-state index contributed by atoms with van der Waals surface area (Å²) >= 11 is 0. The van der Waals surface area contributed by atoms with E-state index in [0.717, 1.165) is 17.7 Å². The van der Waals surface area contributed by atoms with Crippen LogP contribution in [0, 0.1) is 0 Å². The summed E-state index contributed by atoms with van der Waals surface area (Å²) in [5.74, 6) is 0.916. The van der Waals surface area contributed by atoms with Crippen molar-refractivity contribution in [1.29, 1.82) is 0 Å². The lowest BCUT2D eigenvalue weighted by Gasteiger charge is -2.15. The summed E-state index contributed by atoms with van der Waals surface area (Å²) in [6.45, 7) is 4.70. The minimum absolute atomic E-state index is 0. The highest BCUT2D eigenvalue weighted by Gasteiger charge is 2.04. The van der Waals surface area contributed by atoms with Crippen molar-refractivity contribution in [2.24, 2.45) is 5.73 Å². The number of rotatable bonds is 4. The normalized spacial score (nSPS) is 11.6. The van der Waals surface area contributed by atoms with Crippen molar-refractivity contribution >= 4 is 12.4 Å². The molecule has 0 amide bonds. The monoisotopic (exact) mass is 215 g/mol. The van der Waals surface area contributed by atoms with E-state index in [9.17, 15) is 0 Å². The molecule has 2 nitrogen and oxygen atoms in total. The zero-order chi connectivity index (χ0) is 9.68. The molecule has 0 fully saturated rings. The van der Waals surface area contributed by atoms with E-state index >= 15 is 0 Å². The van der Waals surface area contributed by atoms with Crippen LogP contribution in [-0.4, -0.2) is 6.10 Å². The first-order valence-corrected chi connectivity index (χ1v) is 4.72. The molecule has 0 bridgehead atoms. The van der Waals surface area contributed by atoms with E-state index in [1.165, 1.54) is 0 Å². The van der Waals surface area contributed by atoms with Gasteiger partial charge in [-0.15, -0.1) is 12.4 Å². The summed E-state index contributed by atoms with van der Waals surface area (Å²) in [6, 6.07) is 7.91. The van der Waals surface area contributed by atoms with Crippen molar-refractivity contribution in [2.75, 3.05) is 0 Å². The van der Waals surface area contributed by atoms with Crippen molar-refractivity contribution in [2.45, 2.75) is 32.9 Å². The Morgan fingerprint density at radius 2 is 2.00 bits per heavy atom. The molecule has 0 saturated heterocycles. The van der Waals surface area contributed by atoms with E-state index in [0.29, 0.717) is 6.54 Å². The van der Waals surface area contributed by atoms with Gasteiger partial charge in [0.05, 0.1) is 6.10 Å². The summed E-state index contributed by atoms with van der Waals surface area (Å²) in [7, 11) is 0. The van der Waals surface area contributed by atoms with E-state index in [1.807, 2.05) is 24.3 Å². The molecule has 0 aromatic heterocycles. The Kier molecular flexibility index (Phi) is 6.34. The Labute approximate surface area is 91.9 Å². The molecule has 0 aliphatic heterocycles. The van der Waals surface area contributed by atoms with Gasteiger partial charge in [-0.05, 0) is 19.4 Å². The molecule has 80 valence electrons. The fourth-order valence-electron chi connectivity index (χ4n) is 1.09. The molecule has 0 saturated carbocycles. The van der Waals surface area contributed by atoms with Crippen LogP contribution in [0.5, 0.6) is 5.75 Å². The first kappa shape index (κ1) is 13.3. The van der Waals surface area contributed by atoms with Gasteiger partial charge in [0.15, 0.2) is 0 Å². The van der Waals surface area contributed by atoms with Gasteiger partial charge in [0, 0.05) is 12.1 Å². The summed E-state index contributed by atoms with van der Waals surface area (Å²) in [4.78, 5) is 0. The minimum Gasteiger partial charge on any atom is -0.490 e. The number of ether oxygens (including phenoxy) is 1. The Bertz CT molecular complexity index is 265. The highest BCUT2D eigenvalue weighted by atomic mass is 35.5.